The Labute approximate surface area is 110 Å². The molecule has 19 heavy (non-hydrogen) atoms. The van der Waals surface area contributed by atoms with E-state index >= 15 is 0 Å². The molecule has 0 saturated carbocycles. The second kappa shape index (κ2) is 4.59. The van der Waals surface area contributed by atoms with Crippen LogP contribution < -0.4 is 5.56 Å². The molecule has 2 rings (SSSR count). The summed E-state index contributed by atoms with van der Waals surface area (Å²) in [5.41, 5.74) is -0.156. The Morgan fingerprint density at radius 3 is 2.37 bits per heavy atom. The molecule has 0 aliphatic rings. The average Bonchev–Trinajstić information content (AvgIpc) is 2.32. The molecule has 0 unspecified atom stereocenters. The lowest BCUT2D eigenvalue weighted by Crippen LogP contribution is -2.32. The van der Waals surface area contributed by atoms with Gasteiger partial charge in [0.25, 0.3) is 5.56 Å². The molecule has 0 amide bonds. The van der Waals surface area contributed by atoms with E-state index in [1.807, 2.05) is 0 Å². The highest BCUT2D eigenvalue weighted by Gasteiger charge is 2.22. The summed E-state index contributed by atoms with van der Waals surface area (Å²) in [6.45, 7) is 3.08. The quantitative estimate of drug-likeness (QED) is 0.898. The van der Waals surface area contributed by atoms with Crippen molar-refractivity contribution in [1.29, 1.82) is 0 Å². The molecule has 100 valence electrons. The molecule has 1 aromatic heterocycles. The molecule has 0 radical (unpaired) electrons. The summed E-state index contributed by atoms with van der Waals surface area (Å²) in [6.07, 6.45) is 0. The summed E-state index contributed by atoms with van der Waals surface area (Å²) < 4.78 is 14.1. The maximum absolute atomic E-state index is 12.9. The van der Waals surface area contributed by atoms with Gasteiger partial charge >= 0.3 is 0 Å². The van der Waals surface area contributed by atoms with Crippen LogP contribution in [0.1, 0.15) is 19.4 Å². The summed E-state index contributed by atoms with van der Waals surface area (Å²) in [6, 6.07) is 7.35. The summed E-state index contributed by atoms with van der Waals surface area (Å²) in [5, 5.41) is 14.1. The van der Waals surface area contributed by atoms with Gasteiger partial charge in [-0.1, -0.05) is 0 Å². The first-order chi connectivity index (χ1) is 8.79. The molecule has 0 atom stereocenters. The van der Waals surface area contributed by atoms with E-state index in [1.165, 1.54) is 43.8 Å². The Morgan fingerprint density at radius 2 is 1.84 bits per heavy atom. The first kappa shape index (κ1) is 13.4. The Bertz CT molecular complexity index is 655. The normalized spacial score (nSPS) is 11.6. The minimum absolute atomic E-state index is 0.254. The summed E-state index contributed by atoms with van der Waals surface area (Å²) >= 11 is 0. The highest BCUT2D eigenvalue weighted by atomic mass is 19.1. The van der Waals surface area contributed by atoms with E-state index in [4.69, 9.17) is 0 Å². The maximum Gasteiger partial charge on any atom is 0.272 e. The lowest BCUT2D eigenvalue weighted by atomic mass is 9.98. The van der Waals surface area contributed by atoms with Gasteiger partial charge in [0.15, 0.2) is 0 Å². The van der Waals surface area contributed by atoms with Gasteiger partial charge in [0.2, 0.25) is 0 Å². The van der Waals surface area contributed by atoms with Crippen LogP contribution in [0.4, 0.5) is 4.39 Å². The van der Waals surface area contributed by atoms with Crippen molar-refractivity contribution in [3.63, 3.8) is 0 Å². The Balaban J connectivity index is 2.63. The fourth-order valence-corrected chi connectivity index (χ4v) is 1.81. The van der Waals surface area contributed by atoms with Gasteiger partial charge in [-0.05, 0) is 44.2 Å². The smallest absolute Gasteiger partial charge is 0.272 e. The molecule has 0 aliphatic carbocycles. The average molecular weight is 262 g/mol. The highest BCUT2D eigenvalue weighted by Crippen LogP contribution is 2.22. The number of aromatic nitrogens is 2. The van der Waals surface area contributed by atoms with Gasteiger partial charge in [-0.15, -0.1) is 0 Å². The van der Waals surface area contributed by atoms with E-state index in [1.54, 1.807) is 12.1 Å². The number of hydrogen-bond acceptors (Lipinski definition) is 3. The zero-order valence-electron chi connectivity index (χ0n) is 11.0. The van der Waals surface area contributed by atoms with Crippen LogP contribution in [0.25, 0.3) is 11.3 Å². The van der Waals surface area contributed by atoms with Gasteiger partial charge in [-0.25, -0.2) is 9.07 Å². The number of aryl methyl sites for hydroxylation is 1. The molecule has 0 spiro atoms. The fraction of sp³-hybridized carbons (Fsp3) is 0.286. The zero-order chi connectivity index (χ0) is 14.2. The molecule has 2 aromatic rings. The predicted molar refractivity (Wildman–Crippen MR) is 70.1 cm³/mol. The molecule has 1 heterocycles. The first-order valence-electron chi connectivity index (χ1n) is 5.86. The lowest BCUT2D eigenvalue weighted by Gasteiger charge is -2.18. The van der Waals surface area contributed by atoms with Gasteiger partial charge in [0.1, 0.15) is 5.82 Å². The molecule has 0 bridgehead atoms. The molecular weight excluding hydrogens is 247 g/mol. The number of nitrogens with zero attached hydrogens (tertiary/aromatic N) is 2. The molecule has 0 fully saturated rings. The van der Waals surface area contributed by atoms with Crippen LogP contribution in [0.2, 0.25) is 0 Å². The number of benzene rings is 1. The van der Waals surface area contributed by atoms with Crippen LogP contribution in [0, 0.1) is 5.82 Å². The van der Waals surface area contributed by atoms with E-state index in [0.29, 0.717) is 11.3 Å². The van der Waals surface area contributed by atoms with Crippen molar-refractivity contribution >= 4 is 0 Å². The fourth-order valence-electron chi connectivity index (χ4n) is 1.81. The molecule has 1 N–H and O–H groups in total. The predicted octanol–water partition coefficient (Wildman–Crippen LogP) is 1.81. The van der Waals surface area contributed by atoms with Gasteiger partial charge < -0.3 is 5.11 Å². The first-order valence-corrected chi connectivity index (χ1v) is 5.86. The summed E-state index contributed by atoms with van der Waals surface area (Å²) in [5.74, 6) is -0.337. The van der Waals surface area contributed by atoms with Gasteiger partial charge in [0, 0.05) is 12.6 Å². The lowest BCUT2D eigenvalue weighted by molar-refractivity contribution is 0.0763. The third kappa shape index (κ3) is 2.71. The van der Waals surface area contributed by atoms with E-state index in [2.05, 4.69) is 5.10 Å². The second-order valence-electron chi connectivity index (χ2n) is 4.94. The van der Waals surface area contributed by atoms with Crippen molar-refractivity contribution in [2.45, 2.75) is 19.4 Å². The molecule has 0 saturated heterocycles. The van der Waals surface area contributed by atoms with Crippen LogP contribution in [0.3, 0.4) is 0 Å². The molecular formula is C14H15FN2O2. The largest absolute Gasteiger partial charge is 0.386 e. The van der Waals surface area contributed by atoms with Crippen molar-refractivity contribution in [3.05, 3.63) is 52.1 Å². The second-order valence-corrected chi connectivity index (χ2v) is 4.94. The van der Waals surface area contributed by atoms with E-state index < -0.39 is 5.60 Å². The van der Waals surface area contributed by atoms with Crippen LogP contribution in [-0.2, 0) is 12.6 Å². The van der Waals surface area contributed by atoms with E-state index in [-0.39, 0.29) is 16.9 Å². The number of aliphatic hydroxyl groups is 1. The summed E-state index contributed by atoms with van der Waals surface area (Å²) in [4.78, 5) is 11.9. The Kier molecular flexibility index (Phi) is 3.24. The third-order valence-corrected chi connectivity index (χ3v) is 2.86. The minimum Gasteiger partial charge on any atom is -0.386 e. The topological polar surface area (TPSA) is 55.1 Å². The number of hydrogen-bond donors (Lipinski definition) is 1. The van der Waals surface area contributed by atoms with Crippen molar-refractivity contribution in [1.82, 2.24) is 9.78 Å². The molecule has 0 aliphatic heterocycles. The van der Waals surface area contributed by atoms with Crippen molar-refractivity contribution in [3.8, 4) is 11.3 Å². The zero-order valence-corrected chi connectivity index (χ0v) is 11.0. The van der Waals surface area contributed by atoms with Crippen LogP contribution >= 0.6 is 0 Å². The van der Waals surface area contributed by atoms with Gasteiger partial charge in [-0.3, -0.25) is 4.79 Å². The molecule has 5 heteroatoms. The highest BCUT2D eigenvalue weighted by molar-refractivity contribution is 5.59. The van der Waals surface area contributed by atoms with Gasteiger partial charge in [0.05, 0.1) is 16.9 Å². The number of rotatable bonds is 2. The Morgan fingerprint density at radius 1 is 1.26 bits per heavy atom. The van der Waals surface area contributed by atoms with Crippen LogP contribution in [0.15, 0.2) is 35.1 Å². The molecule has 1 aromatic carbocycles. The monoisotopic (exact) mass is 262 g/mol. The Hall–Kier alpha value is -2.01. The SMILES string of the molecule is Cn1nc(-c2ccc(F)cc2)cc(C(C)(C)O)c1=O. The minimum atomic E-state index is -1.26. The van der Waals surface area contributed by atoms with Crippen molar-refractivity contribution < 1.29 is 9.50 Å². The maximum atomic E-state index is 12.9. The standard InChI is InChI=1S/C14H15FN2O2/c1-14(2,19)11-8-12(16-17(3)13(11)18)9-4-6-10(15)7-5-9/h4-8,19H,1-3H3. The number of halogens is 1. The summed E-state index contributed by atoms with van der Waals surface area (Å²) in [7, 11) is 1.52. The van der Waals surface area contributed by atoms with E-state index in [0.717, 1.165) is 0 Å². The van der Waals surface area contributed by atoms with Crippen LogP contribution in [-0.4, -0.2) is 14.9 Å². The van der Waals surface area contributed by atoms with Crippen LogP contribution in [0.5, 0.6) is 0 Å². The third-order valence-electron chi connectivity index (χ3n) is 2.86. The molecule has 4 nitrogen and oxygen atoms in total. The van der Waals surface area contributed by atoms with Crippen molar-refractivity contribution in [2.24, 2.45) is 7.05 Å². The van der Waals surface area contributed by atoms with Gasteiger partial charge in [-0.2, -0.15) is 5.10 Å². The van der Waals surface area contributed by atoms with E-state index in [9.17, 15) is 14.3 Å². The van der Waals surface area contributed by atoms with Crippen molar-refractivity contribution in [2.75, 3.05) is 0 Å².